The number of unbranched alkanes of at least 4 members (excludes halogenated alkanes) is 4. The lowest BCUT2D eigenvalue weighted by Crippen LogP contribution is -2.38. The third-order valence-corrected chi connectivity index (χ3v) is 6.72. The summed E-state index contributed by atoms with van der Waals surface area (Å²) >= 11 is 0. The summed E-state index contributed by atoms with van der Waals surface area (Å²) in [6.45, 7) is 8.10. The van der Waals surface area contributed by atoms with E-state index >= 15 is 0 Å². The maximum Gasteiger partial charge on any atom is 0.244 e. The lowest BCUT2D eigenvalue weighted by atomic mass is 9.70. The van der Waals surface area contributed by atoms with Gasteiger partial charge in [-0.1, -0.05) is 107 Å². The second kappa shape index (κ2) is 11.9. The zero-order valence-corrected chi connectivity index (χ0v) is 19.8. The molecule has 0 fully saturated rings. The number of aryl methyl sites for hydroxylation is 1. The van der Waals surface area contributed by atoms with Crippen LogP contribution in [0.5, 0.6) is 0 Å². The van der Waals surface area contributed by atoms with E-state index < -0.39 is 0 Å². The molecule has 2 heteroatoms. The number of nitrogens with zero attached hydrogens (tertiary/aromatic N) is 2. The summed E-state index contributed by atoms with van der Waals surface area (Å²) in [5.41, 5.74) is 2.88. The third-order valence-electron chi connectivity index (χ3n) is 6.72. The monoisotopic (exact) mass is 417 g/mol. The Morgan fingerprint density at radius 3 is 2.19 bits per heavy atom. The van der Waals surface area contributed by atoms with E-state index in [1.807, 2.05) is 0 Å². The van der Waals surface area contributed by atoms with Gasteiger partial charge in [-0.15, -0.1) is 0 Å². The Morgan fingerprint density at radius 1 is 0.839 bits per heavy atom. The molecule has 0 aliphatic heterocycles. The molecule has 2 unspecified atom stereocenters. The minimum atomic E-state index is 0.0242. The first-order valence-electron chi connectivity index (χ1n) is 12.3. The van der Waals surface area contributed by atoms with E-state index in [-0.39, 0.29) is 5.41 Å². The molecule has 0 aliphatic rings. The molecule has 2 nitrogen and oxygen atoms in total. The van der Waals surface area contributed by atoms with Crippen LogP contribution in [-0.4, -0.2) is 4.57 Å². The molecule has 0 radical (unpaired) electrons. The van der Waals surface area contributed by atoms with Crippen molar-refractivity contribution >= 4 is 0 Å². The summed E-state index contributed by atoms with van der Waals surface area (Å²) in [7, 11) is 0. The zero-order valence-electron chi connectivity index (χ0n) is 19.8. The molecule has 0 aliphatic carbocycles. The van der Waals surface area contributed by atoms with Gasteiger partial charge in [0.1, 0.15) is 18.4 Å². The summed E-state index contributed by atoms with van der Waals surface area (Å²) in [5.74, 6) is 0. The van der Waals surface area contributed by atoms with Crippen LogP contribution in [0.2, 0.25) is 0 Å². The minimum absolute atomic E-state index is 0.0242. The maximum atomic E-state index is 2.51. The van der Waals surface area contributed by atoms with Gasteiger partial charge in [-0.25, -0.2) is 9.13 Å². The largest absolute Gasteiger partial charge is 0.244 e. The first-order valence-corrected chi connectivity index (χ1v) is 12.3. The molecule has 2 aromatic carbocycles. The van der Waals surface area contributed by atoms with Gasteiger partial charge in [0.15, 0.2) is 0 Å². The Morgan fingerprint density at radius 2 is 1.52 bits per heavy atom. The first kappa shape index (κ1) is 23.3. The topological polar surface area (TPSA) is 8.81 Å². The molecular formula is C29H41N2+. The van der Waals surface area contributed by atoms with E-state index in [0.717, 1.165) is 19.4 Å². The Labute approximate surface area is 190 Å². The second-order valence-corrected chi connectivity index (χ2v) is 9.26. The van der Waals surface area contributed by atoms with Gasteiger partial charge in [-0.3, -0.25) is 0 Å². The van der Waals surface area contributed by atoms with Crippen LogP contribution in [0, 0.1) is 0 Å². The van der Waals surface area contributed by atoms with Crippen molar-refractivity contribution in [3.8, 4) is 0 Å². The quantitative estimate of drug-likeness (QED) is 0.204. The van der Waals surface area contributed by atoms with Crippen LogP contribution in [0.1, 0.15) is 82.9 Å². The van der Waals surface area contributed by atoms with Crippen LogP contribution >= 0.6 is 0 Å². The molecule has 0 bridgehead atoms. The fraction of sp³-hybridized carbons (Fsp3) is 0.483. The molecule has 0 spiro atoms. The predicted molar refractivity (Wildman–Crippen MR) is 131 cm³/mol. The van der Waals surface area contributed by atoms with E-state index in [9.17, 15) is 0 Å². The van der Waals surface area contributed by atoms with E-state index in [2.05, 4.69) is 109 Å². The average Bonchev–Trinajstić information content (AvgIpc) is 3.25. The highest BCUT2D eigenvalue weighted by molar-refractivity contribution is 5.30. The summed E-state index contributed by atoms with van der Waals surface area (Å²) in [4.78, 5) is 0. The Balaban J connectivity index is 1.96. The van der Waals surface area contributed by atoms with Crippen LogP contribution in [0.4, 0.5) is 0 Å². The number of rotatable bonds is 13. The smallest absolute Gasteiger partial charge is 0.237 e. The number of hydrogen-bond acceptors (Lipinski definition) is 0. The standard InChI is InChI=1S/C29H41N2/c1-4-6-7-8-15-20-28(31-23-22-30(25-31)21-5-2)29(3,27-18-13-10-14-19-27)24-26-16-11-9-12-17-26/h9-14,16-19,22-23,25,28H,4-8,15,20-21,24H2,1-3H3/q+1. The Hall–Kier alpha value is -2.35. The van der Waals surface area contributed by atoms with Gasteiger partial charge in [-0.2, -0.15) is 0 Å². The zero-order chi connectivity index (χ0) is 21.9. The van der Waals surface area contributed by atoms with Gasteiger partial charge in [0.05, 0.1) is 6.54 Å². The minimum Gasteiger partial charge on any atom is -0.237 e. The van der Waals surface area contributed by atoms with Crippen LogP contribution < -0.4 is 4.57 Å². The van der Waals surface area contributed by atoms with Crippen molar-refractivity contribution in [1.29, 1.82) is 0 Å². The first-order chi connectivity index (χ1) is 15.2. The van der Waals surface area contributed by atoms with Crippen LogP contribution in [0.3, 0.4) is 0 Å². The van der Waals surface area contributed by atoms with Crippen molar-refractivity contribution in [2.24, 2.45) is 0 Å². The maximum absolute atomic E-state index is 2.51. The van der Waals surface area contributed by atoms with E-state index in [4.69, 9.17) is 0 Å². The lowest BCUT2D eigenvalue weighted by molar-refractivity contribution is -0.696. The molecular weight excluding hydrogens is 376 g/mol. The molecule has 166 valence electrons. The van der Waals surface area contributed by atoms with Gasteiger partial charge < -0.3 is 0 Å². The summed E-state index contributed by atoms with van der Waals surface area (Å²) < 4.78 is 4.85. The highest BCUT2D eigenvalue weighted by Crippen LogP contribution is 2.41. The van der Waals surface area contributed by atoms with E-state index in [0.29, 0.717) is 6.04 Å². The second-order valence-electron chi connectivity index (χ2n) is 9.26. The SMILES string of the molecule is CCCCCCCC(n1cc[n+](CCC)c1)C(C)(Cc1ccccc1)c1ccccc1. The van der Waals surface area contributed by atoms with Crippen molar-refractivity contribution in [2.75, 3.05) is 0 Å². The van der Waals surface area contributed by atoms with Crippen molar-refractivity contribution < 1.29 is 4.57 Å². The van der Waals surface area contributed by atoms with Gasteiger partial charge >= 0.3 is 0 Å². The van der Waals surface area contributed by atoms with Crippen LogP contribution in [-0.2, 0) is 18.4 Å². The molecule has 3 rings (SSSR count). The van der Waals surface area contributed by atoms with Crippen molar-refractivity contribution in [2.45, 2.75) is 90.1 Å². The highest BCUT2D eigenvalue weighted by atomic mass is 15.1. The molecule has 2 atom stereocenters. The van der Waals surface area contributed by atoms with Crippen LogP contribution in [0.25, 0.3) is 0 Å². The number of imidazole rings is 1. The average molecular weight is 418 g/mol. The third kappa shape index (κ3) is 6.32. The molecule has 1 heterocycles. The van der Waals surface area contributed by atoms with Crippen molar-refractivity contribution in [1.82, 2.24) is 4.57 Å². The predicted octanol–water partition coefficient (Wildman–Crippen LogP) is 7.29. The number of benzene rings is 2. The summed E-state index contributed by atoms with van der Waals surface area (Å²) in [6.07, 6.45) is 16.9. The number of hydrogen-bond donors (Lipinski definition) is 0. The van der Waals surface area contributed by atoms with Crippen molar-refractivity contribution in [3.05, 3.63) is 90.5 Å². The normalized spacial score (nSPS) is 14.3. The molecule has 0 saturated carbocycles. The summed E-state index contributed by atoms with van der Waals surface area (Å²) in [6, 6.07) is 22.6. The Kier molecular flexibility index (Phi) is 8.94. The molecule has 31 heavy (non-hydrogen) atoms. The fourth-order valence-corrected chi connectivity index (χ4v) is 4.97. The summed E-state index contributed by atoms with van der Waals surface area (Å²) in [5, 5.41) is 0. The van der Waals surface area contributed by atoms with Gasteiger partial charge in [-0.05, 0) is 36.8 Å². The molecule has 1 aromatic heterocycles. The van der Waals surface area contributed by atoms with Crippen molar-refractivity contribution in [3.63, 3.8) is 0 Å². The van der Waals surface area contributed by atoms with E-state index in [1.165, 1.54) is 49.7 Å². The fourth-order valence-electron chi connectivity index (χ4n) is 4.97. The highest BCUT2D eigenvalue weighted by Gasteiger charge is 2.40. The molecule has 0 N–H and O–H groups in total. The van der Waals surface area contributed by atoms with Gasteiger partial charge in [0, 0.05) is 5.41 Å². The Bertz CT molecular complexity index is 868. The van der Waals surface area contributed by atoms with Gasteiger partial charge in [0.25, 0.3) is 0 Å². The van der Waals surface area contributed by atoms with Gasteiger partial charge in [0.2, 0.25) is 6.33 Å². The number of aromatic nitrogens is 2. The lowest BCUT2D eigenvalue weighted by Gasteiger charge is -2.37. The van der Waals surface area contributed by atoms with Crippen LogP contribution in [0.15, 0.2) is 79.4 Å². The molecule has 3 aromatic rings. The molecule has 0 amide bonds. The van der Waals surface area contributed by atoms with E-state index in [1.54, 1.807) is 0 Å². The molecule has 0 saturated heterocycles.